The summed E-state index contributed by atoms with van der Waals surface area (Å²) in [5.74, 6) is 1.55. The van der Waals surface area contributed by atoms with Crippen LogP contribution in [0.3, 0.4) is 0 Å². The smallest absolute Gasteiger partial charge is 0.225 e. The van der Waals surface area contributed by atoms with Crippen molar-refractivity contribution in [3.8, 4) is 0 Å². The van der Waals surface area contributed by atoms with Crippen molar-refractivity contribution >= 4 is 11.8 Å². The Morgan fingerprint density at radius 3 is 2.86 bits per heavy atom. The van der Waals surface area contributed by atoms with Gasteiger partial charge >= 0.3 is 0 Å². The third-order valence-electron chi connectivity index (χ3n) is 5.72. The molecule has 3 fully saturated rings. The molecular weight excluding hydrogens is 266 g/mol. The van der Waals surface area contributed by atoms with Gasteiger partial charge in [0.2, 0.25) is 11.8 Å². The van der Waals surface area contributed by atoms with Crippen molar-refractivity contribution in [1.29, 1.82) is 0 Å². The SMILES string of the molecule is CC1CC(C(=O)N2CCC3NC(=O)CCC3C2)CCC1N. The second kappa shape index (κ2) is 5.95. The third-order valence-corrected chi connectivity index (χ3v) is 5.72. The Hall–Kier alpha value is -1.10. The first-order valence-electron chi connectivity index (χ1n) is 8.38. The van der Waals surface area contributed by atoms with Crippen molar-refractivity contribution in [2.75, 3.05) is 13.1 Å². The van der Waals surface area contributed by atoms with E-state index in [1.165, 1.54) is 0 Å². The number of piperidine rings is 2. The Kier molecular flexibility index (Phi) is 4.20. The number of amides is 2. The molecule has 0 aromatic heterocycles. The summed E-state index contributed by atoms with van der Waals surface area (Å²) in [4.78, 5) is 26.2. The summed E-state index contributed by atoms with van der Waals surface area (Å²) in [6.45, 7) is 3.77. The number of rotatable bonds is 1. The molecule has 2 saturated heterocycles. The molecule has 118 valence electrons. The maximum atomic E-state index is 12.7. The summed E-state index contributed by atoms with van der Waals surface area (Å²) in [5, 5.41) is 3.08. The van der Waals surface area contributed by atoms with Gasteiger partial charge in [-0.1, -0.05) is 6.92 Å². The summed E-state index contributed by atoms with van der Waals surface area (Å²) in [6, 6.07) is 0.544. The van der Waals surface area contributed by atoms with Gasteiger partial charge in [0.1, 0.15) is 0 Å². The van der Waals surface area contributed by atoms with Crippen molar-refractivity contribution in [3.05, 3.63) is 0 Å². The van der Waals surface area contributed by atoms with Gasteiger partial charge in [-0.15, -0.1) is 0 Å². The monoisotopic (exact) mass is 293 g/mol. The van der Waals surface area contributed by atoms with Crippen LogP contribution in [0.25, 0.3) is 0 Å². The molecule has 0 radical (unpaired) electrons. The number of hydrogen-bond donors (Lipinski definition) is 2. The van der Waals surface area contributed by atoms with Crippen LogP contribution >= 0.6 is 0 Å². The highest BCUT2D eigenvalue weighted by Crippen LogP contribution is 2.32. The van der Waals surface area contributed by atoms with Crippen molar-refractivity contribution in [1.82, 2.24) is 10.2 Å². The standard InChI is InChI=1S/C16H27N3O2/c1-10-8-11(2-4-13(10)17)16(21)19-7-6-14-12(9-19)3-5-15(20)18-14/h10-14H,2-9,17H2,1H3,(H,18,20). The van der Waals surface area contributed by atoms with Crippen LogP contribution in [-0.4, -0.2) is 41.9 Å². The Balaban J connectivity index is 1.58. The van der Waals surface area contributed by atoms with Crippen LogP contribution in [-0.2, 0) is 9.59 Å². The number of hydrogen-bond acceptors (Lipinski definition) is 3. The fraction of sp³-hybridized carbons (Fsp3) is 0.875. The van der Waals surface area contributed by atoms with E-state index in [2.05, 4.69) is 12.2 Å². The zero-order valence-electron chi connectivity index (χ0n) is 12.9. The van der Waals surface area contributed by atoms with Crippen LogP contribution in [0.15, 0.2) is 0 Å². The Labute approximate surface area is 126 Å². The maximum Gasteiger partial charge on any atom is 0.225 e. The fourth-order valence-corrected chi connectivity index (χ4v) is 4.21. The average Bonchev–Trinajstić information content (AvgIpc) is 2.49. The molecule has 3 rings (SSSR count). The van der Waals surface area contributed by atoms with Gasteiger partial charge < -0.3 is 16.0 Å². The fourth-order valence-electron chi connectivity index (χ4n) is 4.21. The molecule has 0 spiro atoms. The number of nitrogens with zero attached hydrogens (tertiary/aromatic N) is 1. The molecule has 3 N–H and O–H groups in total. The van der Waals surface area contributed by atoms with Crippen molar-refractivity contribution in [2.45, 2.75) is 57.5 Å². The third kappa shape index (κ3) is 3.07. The Bertz CT molecular complexity index is 426. The normalized spacial score (nSPS) is 40.4. The summed E-state index contributed by atoms with van der Waals surface area (Å²) in [6.07, 6.45) is 5.27. The van der Waals surface area contributed by atoms with Crippen molar-refractivity contribution in [2.24, 2.45) is 23.5 Å². The number of likely N-dealkylation sites (tertiary alicyclic amines) is 1. The first-order chi connectivity index (χ1) is 10.0. The zero-order chi connectivity index (χ0) is 15.0. The minimum Gasteiger partial charge on any atom is -0.353 e. The van der Waals surface area contributed by atoms with Crippen LogP contribution in [0.1, 0.15) is 45.4 Å². The van der Waals surface area contributed by atoms with Crippen LogP contribution < -0.4 is 11.1 Å². The van der Waals surface area contributed by atoms with E-state index in [1.807, 2.05) is 4.90 Å². The molecule has 0 bridgehead atoms. The van der Waals surface area contributed by atoms with Crippen molar-refractivity contribution in [3.63, 3.8) is 0 Å². The topological polar surface area (TPSA) is 75.4 Å². The molecule has 0 aromatic carbocycles. The predicted molar refractivity (Wildman–Crippen MR) is 80.3 cm³/mol. The van der Waals surface area contributed by atoms with E-state index in [9.17, 15) is 9.59 Å². The van der Waals surface area contributed by atoms with Gasteiger partial charge in [-0.3, -0.25) is 9.59 Å². The molecule has 2 aliphatic heterocycles. The van der Waals surface area contributed by atoms with Gasteiger partial charge in [-0.05, 0) is 43.9 Å². The van der Waals surface area contributed by atoms with Gasteiger partial charge in [-0.25, -0.2) is 0 Å². The van der Waals surface area contributed by atoms with Gasteiger partial charge in [-0.2, -0.15) is 0 Å². The Morgan fingerprint density at radius 2 is 2.10 bits per heavy atom. The summed E-state index contributed by atoms with van der Waals surface area (Å²) in [5.41, 5.74) is 6.05. The molecular formula is C16H27N3O2. The average molecular weight is 293 g/mol. The highest BCUT2D eigenvalue weighted by atomic mass is 16.2. The van der Waals surface area contributed by atoms with E-state index >= 15 is 0 Å². The molecule has 21 heavy (non-hydrogen) atoms. The minimum absolute atomic E-state index is 0.162. The molecule has 2 amide bonds. The molecule has 2 heterocycles. The van der Waals surface area contributed by atoms with Crippen LogP contribution in [0.4, 0.5) is 0 Å². The quantitative estimate of drug-likeness (QED) is 0.753. The number of carbonyl (C=O) groups is 2. The lowest BCUT2D eigenvalue weighted by molar-refractivity contribution is -0.140. The number of nitrogens with two attached hydrogens (primary N) is 1. The van der Waals surface area contributed by atoms with E-state index in [1.54, 1.807) is 0 Å². The zero-order valence-corrected chi connectivity index (χ0v) is 12.9. The van der Waals surface area contributed by atoms with Gasteiger partial charge in [0, 0.05) is 37.5 Å². The second-order valence-electron chi connectivity index (χ2n) is 7.20. The van der Waals surface area contributed by atoms with E-state index in [4.69, 9.17) is 5.73 Å². The maximum absolute atomic E-state index is 12.7. The lowest BCUT2D eigenvalue weighted by Crippen LogP contribution is -2.56. The van der Waals surface area contributed by atoms with E-state index in [0.29, 0.717) is 24.2 Å². The largest absolute Gasteiger partial charge is 0.353 e. The minimum atomic E-state index is 0.162. The molecule has 5 atom stereocenters. The van der Waals surface area contributed by atoms with E-state index < -0.39 is 0 Å². The first-order valence-corrected chi connectivity index (χ1v) is 8.38. The number of fused-ring (bicyclic) bond motifs is 1. The summed E-state index contributed by atoms with van der Waals surface area (Å²) < 4.78 is 0. The van der Waals surface area contributed by atoms with Crippen molar-refractivity contribution < 1.29 is 9.59 Å². The van der Waals surface area contributed by atoms with Gasteiger partial charge in [0.15, 0.2) is 0 Å². The summed E-state index contributed by atoms with van der Waals surface area (Å²) >= 11 is 0. The van der Waals surface area contributed by atoms with Gasteiger partial charge in [0.05, 0.1) is 0 Å². The lowest BCUT2D eigenvalue weighted by Gasteiger charge is -2.43. The molecule has 5 nitrogen and oxygen atoms in total. The molecule has 0 aromatic rings. The molecule has 5 unspecified atom stereocenters. The molecule has 5 heteroatoms. The second-order valence-corrected chi connectivity index (χ2v) is 7.20. The van der Waals surface area contributed by atoms with Crippen LogP contribution in [0.2, 0.25) is 0 Å². The predicted octanol–water partition coefficient (Wildman–Crippen LogP) is 0.877. The molecule has 3 aliphatic rings. The number of nitrogens with one attached hydrogen (secondary N) is 1. The lowest BCUT2D eigenvalue weighted by atomic mass is 9.78. The Morgan fingerprint density at radius 1 is 1.29 bits per heavy atom. The van der Waals surface area contributed by atoms with E-state index in [-0.39, 0.29) is 23.9 Å². The number of carbonyl (C=O) groups excluding carboxylic acids is 2. The highest BCUT2D eigenvalue weighted by Gasteiger charge is 2.38. The van der Waals surface area contributed by atoms with E-state index in [0.717, 1.165) is 45.2 Å². The summed E-state index contributed by atoms with van der Waals surface area (Å²) in [7, 11) is 0. The van der Waals surface area contributed by atoms with Crippen LogP contribution in [0, 0.1) is 17.8 Å². The first kappa shape index (κ1) is 14.8. The van der Waals surface area contributed by atoms with Crippen LogP contribution in [0.5, 0.6) is 0 Å². The molecule has 1 aliphatic carbocycles. The van der Waals surface area contributed by atoms with Gasteiger partial charge in [0.25, 0.3) is 0 Å². The molecule has 1 saturated carbocycles. The highest BCUT2D eigenvalue weighted by molar-refractivity contribution is 5.80.